The van der Waals surface area contributed by atoms with Crippen LogP contribution in [0.4, 0.5) is 4.79 Å². The molecule has 0 aromatic carbocycles. The second-order valence-electron chi connectivity index (χ2n) is 8.08. The maximum absolute atomic E-state index is 13.2. The van der Waals surface area contributed by atoms with Crippen LogP contribution in [0.1, 0.15) is 60.8 Å². The van der Waals surface area contributed by atoms with Crippen molar-refractivity contribution in [1.82, 2.24) is 10.2 Å². The van der Waals surface area contributed by atoms with Gasteiger partial charge in [0.2, 0.25) is 5.91 Å². The molecule has 0 aliphatic carbocycles. The Balaban J connectivity index is 2.98. The fraction of sp³-hybridized carbons (Fsp3) is 0.700. The molecule has 1 aliphatic heterocycles. The van der Waals surface area contributed by atoms with E-state index in [-0.39, 0.29) is 11.9 Å². The molecule has 2 atom stereocenters. The molecule has 6 nitrogen and oxygen atoms in total. The summed E-state index contributed by atoms with van der Waals surface area (Å²) in [5.41, 5.74) is -0.0314. The fourth-order valence-corrected chi connectivity index (χ4v) is 2.98. The summed E-state index contributed by atoms with van der Waals surface area (Å²) in [5.74, 6) is 0.921. The Labute approximate surface area is 157 Å². The summed E-state index contributed by atoms with van der Waals surface area (Å²) in [6, 6.07) is -0.856. The van der Waals surface area contributed by atoms with Gasteiger partial charge in [0.25, 0.3) is 0 Å². The third kappa shape index (κ3) is 6.07. The highest BCUT2D eigenvalue weighted by Crippen LogP contribution is 2.31. The number of nitrogens with zero attached hydrogens (tertiary/aromatic N) is 1. The molecule has 1 N–H and O–H groups in total. The zero-order valence-electron chi connectivity index (χ0n) is 17.2. The maximum atomic E-state index is 13.2. The number of ether oxygens (including phenoxy) is 2. The minimum Gasteiger partial charge on any atom is -0.499 e. The van der Waals surface area contributed by atoms with Crippen LogP contribution in [-0.4, -0.2) is 41.7 Å². The lowest BCUT2D eigenvalue weighted by molar-refractivity contribution is -0.133. The van der Waals surface area contributed by atoms with E-state index in [0.717, 1.165) is 18.6 Å². The van der Waals surface area contributed by atoms with Gasteiger partial charge in [-0.15, -0.1) is 0 Å². The topological polar surface area (TPSA) is 67.9 Å². The SMILES string of the molecule is C=C1C=C(OC)[C@@H](CC(C)C)N1C(=O)[C@H](CCC)NC(=O)OC(C)(C)C. The number of hydrogen-bond acceptors (Lipinski definition) is 4. The summed E-state index contributed by atoms with van der Waals surface area (Å²) in [6.45, 7) is 15.5. The van der Waals surface area contributed by atoms with Gasteiger partial charge in [0.1, 0.15) is 17.4 Å². The summed E-state index contributed by atoms with van der Waals surface area (Å²) >= 11 is 0. The number of alkyl carbamates (subject to hydrolysis) is 1. The van der Waals surface area contributed by atoms with Gasteiger partial charge in [-0.2, -0.15) is 0 Å². The van der Waals surface area contributed by atoms with Crippen LogP contribution < -0.4 is 5.32 Å². The van der Waals surface area contributed by atoms with Gasteiger partial charge in [-0.05, 0) is 39.5 Å². The number of amides is 2. The van der Waals surface area contributed by atoms with Gasteiger partial charge in [0.05, 0.1) is 13.2 Å². The number of allylic oxidation sites excluding steroid dienone is 1. The fourth-order valence-electron chi connectivity index (χ4n) is 2.98. The summed E-state index contributed by atoms with van der Waals surface area (Å²) in [5, 5.41) is 2.72. The Hall–Kier alpha value is -1.98. The largest absolute Gasteiger partial charge is 0.499 e. The van der Waals surface area contributed by atoms with E-state index in [9.17, 15) is 9.59 Å². The van der Waals surface area contributed by atoms with Crippen LogP contribution in [0, 0.1) is 5.92 Å². The molecule has 1 heterocycles. The van der Waals surface area contributed by atoms with Crippen molar-refractivity contribution in [2.75, 3.05) is 7.11 Å². The van der Waals surface area contributed by atoms with E-state index in [1.54, 1.807) is 38.9 Å². The van der Waals surface area contributed by atoms with Crippen molar-refractivity contribution in [3.05, 3.63) is 24.1 Å². The molecule has 0 aromatic heterocycles. The molecule has 2 amide bonds. The van der Waals surface area contributed by atoms with Crippen molar-refractivity contribution in [1.29, 1.82) is 0 Å². The van der Waals surface area contributed by atoms with Crippen LogP contribution in [0.5, 0.6) is 0 Å². The zero-order chi connectivity index (χ0) is 20.1. The molecule has 0 radical (unpaired) electrons. The molecular weight excluding hydrogens is 332 g/mol. The Morgan fingerprint density at radius 3 is 2.42 bits per heavy atom. The van der Waals surface area contributed by atoms with E-state index in [0.29, 0.717) is 18.0 Å². The molecule has 148 valence electrons. The molecule has 0 saturated heterocycles. The lowest BCUT2D eigenvalue weighted by Gasteiger charge is -2.32. The second kappa shape index (κ2) is 9.10. The summed E-state index contributed by atoms with van der Waals surface area (Å²) in [6.07, 6.45) is 3.25. The van der Waals surface area contributed by atoms with Gasteiger partial charge in [0.15, 0.2) is 0 Å². The average molecular weight is 367 g/mol. The van der Waals surface area contributed by atoms with Crippen LogP contribution in [0.25, 0.3) is 0 Å². The van der Waals surface area contributed by atoms with Crippen molar-refractivity contribution in [2.24, 2.45) is 5.92 Å². The third-order valence-electron chi connectivity index (χ3n) is 3.99. The van der Waals surface area contributed by atoms with E-state index in [1.807, 2.05) is 6.92 Å². The first-order valence-corrected chi connectivity index (χ1v) is 9.27. The van der Waals surface area contributed by atoms with E-state index in [1.165, 1.54) is 0 Å². The maximum Gasteiger partial charge on any atom is 0.408 e. The van der Waals surface area contributed by atoms with Crippen LogP contribution >= 0.6 is 0 Å². The molecule has 0 unspecified atom stereocenters. The molecule has 0 bridgehead atoms. The highest BCUT2D eigenvalue weighted by Gasteiger charge is 2.38. The summed E-state index contributed by atoms with van der Waals surface area (Å²) in [7, 11) is 1.60. The third-order valence-corrected chi connectivity index (χ3v) is 3.99. The minimum atomic E-state index is -0.661. The number of carbonyl (C=O) groups excluding carboxylic acids is 2. The number of nitrogens with one attached hydrogen (secondary N) is 1. The Morgan fingerprint density at radius 1 is 1.35 bits per heavy atom. The van der Waals surface area contributed by atoms with Crippen LogP contribution in [-0.2, 0) is 14.3 Å². The lowest BCUT2D eigenvalue weighted by Crippen LogP contribution is -2.51. The summed E-state index contributed by atoms with van der Waals surface area (Å²) in [4.78, 5) is 27.0. The van der Waals surface area contributed by atoms with Crippen molar-refractivity contribution in [3.63, 3.8) is 0 Å². The molecule has 0 aromatic rings. The molecule has 0 fully saturated rings. The highest BCUT2D eigenvalue weighted by atomic mass is 16.6. The zero-order valence-corrected chi connectivity index (χ0v) is 17.2. The molecule has 0 spiro atoms. The van der Waals surface area contributed by atoms with Crippen LogP contribution in [0.3, 0.4) is 0 Å². The molecule has 6 heteroatoms. The first-order chi connectivity index (χ1) is 12.0. The Morgan fingerprint density at radius 2 is 1.96 bits per heavy atom. The first-order valence-electron chi connectivity index (χ1n) is 9.27. The van der Waals surface area contributed by atoms with Gasteiger partial charge < -0.3 is 19.7 Å². The molecule has 1 aliphatic rings. The van der Waals surface area contributed by atoms with Crippen molar-refractivity contribution >= 4 is 12.0 Å². The second-order valence-corrected chi connectivity index (χ2v) is 8.08. The van der Waals surface area contributed by atoms with Gasteiger partial charge in [0, 0.05) is 11.8 Å². The van der Waals surface area contributed by atoms with Gasteiger partial charge in [-0.25, -0.2) is 4.79 Å². The number of rotatable bonds is 7. The van der Waals surface area contributed by atoms with Crippen LogP contribution in [0.15, 0.2) is 24.1 Å². The Kier molecular flexibility index (Phi) is 7.72. The number of carbonyl (C=O) groups is 2. The number of hydrogen-bond donors (Lipinski definition) is 1. The monoisotopic (exact) mass is 366 g/mol. The quantitative estimate of drug-likeness (QED) is 0.740. The smallest absolute Gasteiger partial charge is 0.408 e. The highest BCUT2D eigenvalue weighted by molar-refractivity contribution is 5.88. The van der Waals surface area contributed by atoms with E-state index >= 15 is 0 Å². The van der Waals surface area contributed by atoms with E-state index in [4.69, 9.17) is 9.47 Å². The minimum absolute atomic E-state index is 0.184. The average Bonchev–Trinajstić information content (AvgIpc) is 2.79. The van der Waals surface area contributed by atoms with E-state index in [2.05, 4.69) is 25.7 Å². The van der Waals surface area contributed by atoms with Gasteiger partial charge in [-0.3, -0.25) is 4.79 Å². The van der Waals surface area contributed by atoms with Crippen molar-refractivity contribution in [2.45, 2.75) is 78.5 Å². The predicted octanol–water partition coefficient (Wildman–Crippen LogP) is 3.98. The standard InChI is InChI=1S/C20H34N2O4/c1-9-10-15(21-19(24)26-20(5,6)7)18(23)22-14(4)12-17(25-8)16(22)11-13(2)3/h12-13,15-16H,4,9-11H2,1-3,5-8H3,(H,21,24)/t15-,16+/m0/s1. The molecule has 0 saturated carbocycles. The van der Waals surface area contributed by atoms with Crippen molar-refractivity contribution < 1.29 is 19.1 Å². The van der Waals surface area contributed by atoms with Crippen LogP contribution in [0.2, 0.25) is 0 Å². The molecular formula is C20H34N2O4. The normalized spacial score (nSPS) is 18.6. The van der Waals surface area contributed by atoms with E-state index < -0.39 is 17.7 Å². The number of methoxy groups -OCH3 is 1. The van der Waals surface area contributed by atoms with Crippen molar-refractivity contribution in [3.8, 4) is 0 Å². The Bertz CT molecular complexity index is 561. The summed E-state index contributed by atoms with van der Waals surface area (Å²) < 4.78 is 10.8. The lowest BCUT2D eigenvalue weighted by atomic mass is 10.0. The molecule has 26 heavy (non-hydrogen) atoms. The van der Waals surface area contributed by atoms with Gasteiger partial charge in [-0.1, -0.05) is 33.8 Å². The first kappa shape index (κ1) is 22.1. The molecule has 1 rings (SSSR count). The van der Waals surface area contributed by atoms with Gasteiger partial charge >= 0.3 is 6.09 Å². The predicted molar refractivity (Wildman–Crippen MR) is 102 cm³/mol.